The molecule has 0 bridgehead atoms. The van der Waals surface area contributed by atoms with Crippen molar-refractivity contribution >= 4 is 27.7 Å². The van der Waals surface area contributed by atoms with Crippen molar-refractivity contribution in [3.05, 3.63) is 52.8 Å². The highest BCUT2D eigenvalue weighted by Gasteiger charge is 2.06. The number of carbonyl (C=O) groups is 1. The van der Waals surface area contributed by atoms with Crippen LogP contribution in [0.25, 0.3) is 0 Å². The van der Waals surface area contributed by atoms with E-state index in [0.717, 1.165) is 4.47 Å². The molecule has 7 heteroatoms. The van der Waals surface area contributed by atoms with Gasteiger partial charge in [0.1, 0.15) is 6.54 Å². The standard InChI is InChI=1S/C12H11BrN4O2/c13-10-6-15-17(7-10)8-11(18)19-16-12(14)9-4-2-1-3-5-9/h1-7H,8H2,(H2,14,16). The molecule has 0 spiro atoms. The van der Waals surface area contributed by atoms with Gasteiger partial charge >= 0.3 is 5.97 Å². The quantitative estimate of drug-likeness (QED) is 0.400. The maximum atomic E-state index is 11.5. The fraction of sp³-hybridized carbons (Fsp3) is 0.0833. The van der Waals surface area contributed by atoms with Gasteiger partial charge in [0.2, 0.25) is 0 Å². The van der Waals surface area contributed by atoms with Crippen molar-refractivity contribution in [3.8, 4) is 0 Å². The average molecular weight is 323 g/mol. The number of nitrogens with two attached hydrogens (primary N) is 1. The molecule has 0 aliphatic heterocycles. The largest absolute Gasteiger partial charge is 0.380 e. The number of nitrogens with zero attached hydrogens (tertiary/aromatic N) is 3. The van der Waals surface area contributed by atoms with Crippen LogP contribution in [0.3, 0.4) is 0 Å². The molecule has 2 rings (SSSR count). The maximum Gasteiger partial charge on any atom is 0.356 e. The zero-order chi connectivity index (χ0) is 13.7. The number of rotatable bonds is 4. The van der Waals surface area contributed by atoms with Crippen LogP contribution in [0, 0.1) is 0 Å². The lowest BCUT2D eigenvalue weighted by atomic mass is 10.2. The SMILES string of the molecule is N/C(=N\OC(=O)Cn1cc(Br)cn1)c1ccccc1. The van der Waals surface area contributed by atoms with Crippen LogP contribution in [0.4, 0.5) is 0 Å². The molecule has 6 nitrogen and oxygen atoms in total. The van der Waals surface area contributed by atoms with E-state index in [1.807, 2.05) is 18.2 Å². The number of oxime groups is 1. The lowest BCUT2D eigenvalue weighted by Crippen LogP contribution is -2.17. The first kappa shape index (κ1) is 13.3. The van der Waals surface area contributed by atoms with Crippen molar-refractivity contribution in [3.63, 3.8) is 0 Å². The Morgan fingerprint density at radius 1 is 1.42 bits per heavy atom. The van der Waals surface area contributed by atoms with E-state index in [0.29, 0.717) is 5.56 Å². The second-order valence-electron chi connectivity index (χ2n) is 3.66. The number of hydrogen-bond donors (Lipinski definition) is 1. The van der Waals surface area contributed by atoms with Gasteiger partial charge in [-0.25, -0.2) is 4.79 Å². The van der Waals surface area contributed by atoms with Crippen molar-refractivity contribution in [2.45, 2.75) is 6.54 Å². The number of aromatic nitrogens is 2. The Morgan fingerprint density at radius 3 is 2.79 bits per heavy atom. The van der Waals surface area contributed by atoms with Crippen molar-refractivity contribution in [2.24, 2.45) is 10.9 Å². The van der Waals surface area contributed by atoms with Crippen LogP contribution in [-0.4, -0.2) is 21.6 Å². The minimum Gasteiger partial charge on any atom is -0.380 e. The summed E-state index contributed by atoms with van der Waals surface area (Å²) in [4.78, 5) is 16.2. The highest BCUT2D eigenvalue weighted by Crippen LogP contribution is 2.06. The smallest absolute Gasteiger partial charge is 0.356 e. The van der Waals surface area contributed by atoms with Crippen molar-refractivity contribution in [2.75, 3.05) is 0 Å². The van der Waals surface area contributed by atoms with Crippen molar-refractivity contribution in [1.29, 1.82) is 0 Å². The Labute approximate surface area is 118 Å². The van der Waals surface area contributed by atoms with Crippen molar-refractivity contribution in [1.82, 2.24) is 9.78 Å². The van der Waals surface area contributed by atoms with E-state index in [9.17, 15) is 4.79 Å². The number of carbonyl (C=O) groups excluding carboxylic acids is 1. The number of benzene rings is 1. The predicted molar refractivity (Wildman–Crippen MR) is 73.2 cm³/mol. The molecule has 0 aliphatic rings. The Bertz CT molecular complexity index is 595. The number of halogens is 1. The molecule has 0 saturated heterocycles. The van der Waals surface area contributed by atoms with Crippen LogP contribution >= 0.6 is 15.9 Å². The average Bonchev–Trinajstić information content (AvgIpc) is 2.82. The summed E-state index contributed by atoms with van der Waals surface area (Å²) in [7, 11) is 0. The Hall–Kier alpha value is -2.15. The molecule has 0 unspecified atom stereocenters. The third kappa shape index (κ3) is 3.92. The van der Waals surface area contributed by atoms with Gasteiger partial charge < -0.3 is 10.6 Å². The van der Waals surface area contributed by atoms with Gasteiger partial charge in [-0.1, -0.05) is 35.5 Å². The minimum atomic E-state index is -0.547. The number of amidine groups is 1. The molecular formula is C12H11BrN4O2. The normalized spacial score (nSPS) is 11.3. The molecular weight excluding hydrogens is 312 g/mol. The summed E-state index contributed by atoms with van der Waals surface area (Å²) < 4.78 is 2.22. The zero-order valence-corrected chi connectivity index (χ0v) is 11.4. The van der Waals surface area contributed by atoms with Crippen LogP contribution < -0.4 is 5.73 Å². The molecule has 2 aromatic rings. The fourth-order valence-electron chi connectivity index (χ4n) is 1.35. The lowest BCUT2D eigenvalue weighted by molar-refractivity contribution is -0.144. The van der Waals surface area contributed by atoms with Crippen LogP contribution in [0.5, 0.6) is 0 Å². The molecule has 0 atom stereocenters. The Morgan fingerprint density at radius 2 is 2.16 bits per heavy atom. The molecule has 2 N–H and O–H groups in total. The van der Waals surface area contributed by atoms with Crippen molar-refractivity contribution < 1.29 is 9.63 Å². The molecule has 1 aromatic carbocycles. The van der Waals surface area contributed by atoms with Gasteiger partial charge in [0.15, 0.2) is 5.84 Å². The molecule has 0 radical (unpaired) electrons. The molecule has 1 heterocycles. The second-order valence-corrected chi connectivity index (χ2v) is 4.58. The Balaban J connectivity index is 1.93. The second kappa shape index (κ2) is 6.14. The molecule has 0 saturated carbocycles. The summed E-state index contributed by atoms with van der Waals surface area (Å²) in [6.07, 6.45) is 3.24. The van der Waals surface area contributed by atoms with Crippen LogP contribution in [0.2, 0.25) is 0 Å². The van der Waals surface area contributed by atoms with Gasteiger partial charge in [-0.05, 0) is 15.9 Å². The van der Waals surface area contributed by atoms with Gasteiger partial charge in [-0.2, -0.15) is 5.10 Å². The topological polar surface area (TPSA) is 82.5 Å². The molecule has 0 fully saturated rings. The molecule has 0 aliphatic carbocycles. The van der Waals surface area contributed by atoms with Crippen LogP contribution in [0.15, 0.2) is 52.4 Å². The third-order valence-electron chi connectivity index (χ3n) is 2.21. The summed E-state index contributed by atoms with van der Waals surface area (Å²) in [6.45, 7) is -0.0306. The first-order valence-electron chi connectivity index (χ1n) is 5.42. The fourth-order valence-corrected chi connectivity index (χ4v) is 1.68. The summed E-state index contributed by atoms with van der Waals surface area (Å²) in [5.41, 5.74) is 6.38. The van der Waals surface area contributed by atoms with E-state index < -0.39 is 5.97 Å². The monoisotopic (exact) mass is 322 g/mol. The maximum absolute atomic E-state index is 11.5. The van der Waals surface area contributed by atoms with Gasteiger partial charge in [0, 0.05) is 11.8 Å². The van der Waals surface area contributed by atoms with E-state index in [1.165, 1.54) is 4.68 Å². The van der Waals surface area contributed by atoms with Gasteiger partial charge in [0.05, 0.1) is 10.7 Å². The highest BCUT2D eigenvalue weighted by molar-refractivity contribution is 9.10. The molecule has 98 valence electrons. The minimum absolute atomic E-state index is 0.0306. The van der Waals surface area contributed by atoms with E-state index in [-0.39, 0.29) is 12.4 Å². The number of hydrogen-bond acceptors (Lipinski definition) is 4. The van der Waals surface area contributed by atoms with Gasteiger partial charge in [-0.3, -0.25) is 4.68 Å². The van der Waals surface area contributed by atoms with E-state index >= 15 is 0 Å². The first-order valence-corrected chi connectivity index (χ1v) is 6.21. The zero-order valence-electron chi connectivity index (χ0n) is 9.86. The third-order valence-corrected chi connectivity index (χ3v) is 2.62. The van der Waals surface area contributed by atoms with E-state index in [1.54, 1.807) is 24.5 Å². The first-order chi connectivity index (χ1) is 9.15. The Kier molecular flexibility index (Phi) is 4.30. The van der Waals surface area contributed by atoms with E-state index in [2.05, 4.69) is 26.2 Å². The lowest BCUT2D eigenvalue weighted by Gasteiger charge is -2.01. The van der Waals surface area contributed by atoms with Crippen LogP contribution in [0.1, 0.15) is 5.56 Å². The molecule has 0 amide bonds. The summed E-state index contributed by atoms with van der Waals surface area (Å²) in [5, 5.41) is 7.52. The highest BCUT2D eigenvalue weighted by atomic mass is 79.9. The predicted octanol–water partition coefficient (Wildman–Crippen LogP) is 1.51. The summed E-state index contributed by atoms with van der Waals surface area (Å²) in [6, 6.07) is 9.05. The summed E-state index contributed by atoms with van der Waals surface area (Å²) >= 11 is 3.23. The summed E-state index contributed by atoms with van der Waals surface area (Å²) in [5.74, 6) is -0.398. The van der Waals surface area contributed by atoms with E-state index in [4.69, 9.17) is 10.6 Å². The molecule has 1 aromatic heterocycles. The van der Waals surface area contributed by atoms with Crippen LogP contribution in [-0.2, 0) is 16.2 Å². The van der Waals surface area contributed by atoms with Gasteiger partial charge in [0.25, 0.3) is 0 Å². The van der Waals surface area contributed by atoms with Gasteiger partial charge in [-0.15, -0.1) is 0 Å². The molecule has 19 heavy (non-hydrogen) atoms.